The summed E-state index contributed by atoms with van der Waals surface area (Å²) in [7, 11) is 0. The number of fused-ring (bicyclic) bond motifs is 1. The topological polar surface area (TPSA) is 78.3 Å². The first-order valence-corrected chi connectivity index (χ1v) is 12.6. The Hall–Kier alpha value is -3.49. The summed E-state index contributed by atoms with van der Waals surface area (Å²) in [5, 5.41) is 13.2. The van der Waals surface area contributed by atoms with E-state index in [1.165, 1.54) is 0 Å². The molecule has 9 heteroatoms. The Morgan fingerprint density at radius 2 is 1.80 bits per heavy atom. The van der Waals surface area contributed by atoms with E-state index in [9.17, 15) is 4.79 Å². The first-order valence-electron chi connectivity index (χ1n) is 11.2. The van der Waals surface area contributed by atoms with Crippen LogP contribution in [0.1, 0.15) is 28.4 Å². The average Bonchev–Trinajstić information content (AvgIpc) is 3.53. The molecule has 35 heavy (non-hydrogen) atoms. The molecule has 0 unspecified atom stereocenters. The summed E-state index contributed by atoms with van der Waals surface area (Å²) in [5.74, 6) is 2.77. The maximum Gasteiger partial charge on any atom is 0.251 e. The predicted octanol–water partition coefficient (Wildman–Crippen LogP) is 5.57. The summed E-state index contributed by atoms with van der Waals surface area (Å²) in [4.78, 5) is 12.6. The Bertz CT molecular complexity index is 1360. The summed E-state index contributed by atoms with van der Waals surface area (Å²) in [6.07, 6.45) is 0. The van der Waals surface area contributed by atoms with Gasteiger partial charge in [-0.2, -0.15) is 0 Å². The molecule has 1 N–H and O–H groups in total. The van der Waals surface area contributed by atoms with Crippen molar-refractivity contribution in [2.75, 3.05) is 6.79 Å². The normalized spacial score (nSPS) is 12.1. The number of nitrogens with zero attached hydrogens (tertiary/aromatic N) is 3. The van der Waals surface area contributed by atoms with Gasteiger partial charge in [-0.3, -0.25) is 4.79 Å². The van der Waals surface area contributed by atoms with Crippen LogP contribution in [0.5, 0.6) is 11.5 Å². The van der Waals surface area contributed by atoms with Gasteiger partial charge in [0.15, 0.2) is 22.5 Å². The molecule has 3 aromatic carbocycles. The van der Waals surface area contributed by atoms with Crippen LogP contribution in [-0.2, 0) is 18.8 Å². The Morgan fingerprint density at radius 3 is 2.60 bits per heavy atom. The number of nitrogens with one attached hydrogen (secondary N) is 1. The maximum absolute atomic E-state index is 12.6. The molecule has 1 aliphatic heterocycles. The van der Waals surface area contributed by atoms with E-state index in [1.807, 2.05) is 66.7 Å². The molecular weight excluding hydrogens is 484 g/mol. The van der Waals surface area contributed by atoms with Crippen LogP contribution in [0, 0.1) is 0 Å². The molecule has 0 atom stereocenters. The lowest BCUT2D eigenvalue weighted by Crippen LogP contribution is -2.22. The Labute approximate surface area is 212 Å². The van der Waals surface area contributed by atoms with E-state index in [1.54, 1.807) is 11.8 Å². The fourth-order valence-corrected chi connectivity index (χ4v) is 4.94. The van der Waals surface area contributed by atoms with E-state index in [2.05, 4.69) is 27.0 Å². The zero-order valence-corrected chi connectivity index (χ0v) is 20.6. The van der Waals surface area contributed by atoms with Gasteiger partial charge in [-0.15, -0.1) is 10.2 Å². The smallest absolute Gasteiger partial charge is 0.251 e. The third kappa shape index (κ3) is 5.13. The van der Waals surface area contributed by atoms with Crippen LogP contribution in [0.25, 0.3) is 11.4 Å². The second-order valence-electron chi connectivity index (χ2n) is 7.89. The number of carbonyl (C=O) groups excluding carboxylic acids is 1. The quantitative estimate of drug-likeness (QED) is 0.315. The lowest BCUT2D eigenvalue weighted by Gasteiger charge is -2.09. The van der Waals surface area contributed by atoms with Crippen molar-refractivity contribution < 1.29 is 14.3 Å². The molecule has 0 bridgehead atoms. The zero-order valence-electron chi connectivity index (χ0n) is 19.0. The largest absolute Gasteiger partial charge is 0.454 e. The fourth-order valence-electron chi connectivity index (χ4n) is 3.76. The fraction of sp³-hybridized carbons (Fsp3) is 0.192. The number of carbonyl (C=O) groups is 1. The zero-order chi connectivity index (χ0) is 24.2. The number of amides is 1. The van der Waals surface area contributed by atoms with Gasteiger partial charge < -0.3 is 19.4 Å². The van der Waals surface area contributed by atoms with Crippen molar-refractivity contribution in [2.24, 2.45) is 0 Å². The molecule has 1 aromatic heterocycles. The molecule has 178 valence electrons. The first-order chi connectivity index (χ1) is 17.1. The van der Waals surface area contributed by atoms with E-state index in [0.29, 0.717) is 28.6 Å². The molecule has 0 saturated carbocycles. The third-order valence-corrected chi connectivity index (χ3v) is 6.99. The number of aromatic nitrogens is 3. The van der Waals surface area contributed by atoms with Crippen LogP contribution in [-0.4, -0.2) is 27.5 Å². The average molecular weight is 507 g/mol. The second-order valence-corrected chi connectivity index (χ2v) is 9.24. The summed E-state index contributed by atoms with van der Waals surface area (Å²) >= 11 is 7.96. The number of hydrogen-bond acceptors (Lipinski definition) is 6. The minimum absolute atomic E-state index is 0.128. The molecule has 2 heterocycles. The van der Waals surface area contributed by atoms with Gasteiger partial charge in [0.1, 0.15) is 0 Å². The van der Waals surface area contributed by atoms with Crippen LogP contribution < -0.4 is 14.8 Å². The van der Waals surface area contributed by atoms with Crippen molar-refractivity contribution in [1.82, 2.24) is 20.1 Å². The van der Waals surface area contributed by atoms with Crippen LogP contribution in [0.3, 0.4) is 0 Å². The highest BCUT2D eigenvalue weighted by Crippen LogP contribution is 2.33. The van der Waals surface area contributed by atoms with Crippen LogP contribution in [0.15, 0.2) is 71.9 Å². The third-order valence-electron chi connectivity index (χ3n) is 5.62. The van der Waals surface area contributed by atoms with Gasteiger partial charge in [-0.1, -0.05) is 53.7 Å². The Kier molecular flexibility index (Phi) is 6.92. The van der Waals surface area contributed by atoms with E-state index >= 15 is 0 Å². The van der Waals surface area contributed by atoms with Crippen molar-refractivity contribution in [1.29, 1.82) is 0 Å². The van der Waals surface area contributed by atoms with Crippen molar-refractivity contribution >= 4 is 29.3 Å². The SMILES string of the molecule is CCn1c(SCc2ccc(C(=O)NCc3ccc4c(c3)OCO4)cc2)nnc1-c1ccccc1Cl. The van der Waals surface area contributed by atoms with Gasteiger partial charge in [0.05, 0.1) is 5.02 Å². The predicted molar refractivity (Wildman–Crippen MR) is 136 cm³/mol. The van der Waals surface area contributed by atoms with Gasteiger partial charge >= 0.3 is 0 Å². The molecule has 1 aliphatic rings. The minimum Gasteiger partial charge on any atom is -0.454 e. The number of benzene rings is 3. The first kappa shape index (κ1) is 23.3. The minimum atomic E-state index is -0.128. The van der Waals surface area contributed by atoms with Gasteiger partial charge in [-0.05, 0) is 54.4 Å². The number of rotatable bonds is 8. The summed E-state index contributed by atoms with van der Waals surface area (Å²) in [5.41, 5.74) is 3.52. The number of ether oxygens (including phenoxy) is 2. The van der Waals surface area contributed by atoms with E-state index in [0.717, 1.165) is 40.0 Å². The van der Waals surface area contributed by atoms with Crippen molar-refractivity contribution in [3.63, 3.8) is 0 Å². The molecule has 0 fully saturated rings. The molecule has 0 saturated heterocycles. The van der Waals surface area contributed by atoms with Gasteiger partial charge in [0.25, 0.3) is 5.91 Å². The molecule has 7 nitrogen and oxygen atoms in total. The monoisotopic (exact) mass is 506 g/mol. The Morgan fingerprint density at radius 1 is 1.03 bits per heavy atom. The molecular formula is C26H23ClN4O3S. The van der Waals surface area contributed by atoms with Crippen molar-refractivity contribution in [3.8, 4) is 22.9 Å². The van der Waals surface area contributed by atoms with Crippen LogP contribution >= 0.6 is 23.4 Å². The molecule has 1 amide bonds. The lowest BCUT2D eigenvalue weighted by atomic mass is 10.1. The van der Waals surface area contributed by atoms with Crippen LogP contribution in [0.4, 0.5) is 0 Å². The Balaban J connectivity index is 1.19. The maximum atomic E-state index is 12.6. The summed E-state index contributed by atoms with van der Waals surface area (Å²) < 4.78 is 12.8. The van der Waals surface area contributed by atoms with E-state index in [-0.39, 0.29) is 12.7 Å². The second kappa shape index (κ2) is 10.4. The van der Waals surface area contributed by atoms with Gasteiger partial charge in [0, 0.05) is 30.0 Å². The highest BCUT2D eigenvalue weighted by molar-refractivity contribution is 7.98. The summed E-state index contributed by atoms with van der Waals surface area (Å²) in [6, 6.07) is 20.9. The van der Waals surface area contributed by atoms with Crippen molar-refractivity contribution in [3.05, 3.63) is 88.4 Å². The van der Waals surface area contributed by atoms with E-state index < -0.39 is 0 Å². The highest BCUT2D eigenvalue weighted by Gasteiger charge is 2.16. The molecule has 5 rings (SSSR count). The number of halogens is 1. The molecule has 4 aromatic rings. The molecule has 0 radical (unpaired) electrons. The summed E-state index contributed by atoms with van der Waals surface area (Å²) in [6.45, 7) is 3.44. The van der Waals surface area contributed by atoms with Gasteiger partial charge in [-0.25, -0.2) is 0 Å². The van der Waals surface area contributed by atoms with E-state index in [4.69, 9.17) is 21.1 Å². The van der Waals surface area contributed by atoms with Gasteiger partial charge in [0.2, 0.25) is 6.79 Å². The molecule has 0 spiro atoms. The van der Waals surface area contributed by atoms with Crippen molar-refractivity contribution in [2.45, 2.75) is 30.9 Å². The number of thioether (sulfide) groups is 1. The lowest BCUT2D eigenvalue weighted by molar-refractivity contribution is 0.0951. The standard InChI is InChI=1S/C26H23ClN4O3S/c1-2-31-24(20-5-3-4-6-21(20)27)29-30-26(31)35-15-17-7-10-19(11-8-17)25(32)28-14-18-9-12-22-23(13-18)34-16-33-22/h3-13H,2,14-16H2,1H3,(H,28,32). The molecule has 0 aliphatic carbocycles. The van der Waals surface area contributed by atoms with Crippen LogP contribution in [0.2, 0.25) is 5.02 Å². The highest BCUT2D eigenvalue weighted by atomic mass is 35.5. The number of hydrogen-bond donors (Lipinski definition) is 1.